The van der Waals surface area contributed by atoms with Crippen LogP contribution in [0, 0.1) is 0 Å². The van der Waals surface area contributed by atoms with Crippen molar-refractivity contribution in [3.63, 3.8) is 0 Å². The Labute approximate surface area is 226 Å². The predicted octanol–water partition coefficient (Wildman–Crippen LogP) is 6.42. The van der Waals surface area contributed by atoms with E-state index in [4.69, 9.17) is 1.37 Å². The van der Waals surface area contributed by atoms with Crippen LogP contribution in [0.25, 0.3) is 16.9 Å². The maximum atomic E-state index is 13.5. The third-order valence-corrected chi connectivity index (χ3v) is 6.51. The first-order valence-electron chi connectivity index (χ1n) is 15.2. The SMILES string of the molecule is CC.CC.CC.CC.[2H]CN1CCN(C2CCC(n3c(=O)n(-c4ccccc4)c4cncnc43)CC2)CC1. The lowest BCUT2D eigenvalue weighted by atomic mass is 9.89. The van der Waals surface area contributed by atoms with Gasteiger partial charge in [0, 0.05) is 39.6 Å². The van der Waals surface area contributed by atoms with Gasteiger partial charge >= 0.3 is 5.69 Å². The minimum atomic E-state index is -0.0239. The van der Waals surface area contributed by atoms with E-state index in [1.54, 1.807) is 10.8 Å². The first-order valence-corrected chi connectivity index (χ1v) is 14.5. The topological polar surface area (TPSA) is 59.2 Å². The minimum absolute atomic E-state index is 0.0239. The molecule has 208 valence electrons. The van der Waals surface area contributed by atoms with Gasteiger partial charge in [-0.15, -0.1) is 0 Å². The molecule has 0 bridgehead atoms. The van der Waals surface area contributed by atoms with E-state index < -0.39 is 0 Å². The number of nitrogens with zero attached hydrogens (tertiary/aromatic N) is 6. The van der Waals surface area contributed by atoms with Gasteiger partial charge in [-0.1, -0.05) is 73.6 Å². The Morgan fingerprint density at radius 2 is 1.38 bits per heavy atom. The minimum Gasteiger partial charge on any atom is -0.304 e. The fourth-order valence-electron chi connectivity index (χ4n) is 4.93. The lowest BCUT2D eigenvalue weighted by Crippen LogP contribution is -2.50. The zero-order valence-electron chi connectivity index (χ0n) is 25.7. The molecule has 3 heterocycles. The highest BCUT2D eigenvalue weighted by Gasteiger charge is 2.30. The molecule has 37 heavy (non-hydrogen) atoms. The molecule has 0 radical (unpaired) electrons. The second-order valence-corrected chi connectivity index (χ2v) is 8.17. The summed E-state index contributed by atoms with van der Waals surface area (Å²) in [5.41, 5.74) is 2.32. The van der Waals surface area contributed by atoms with Crippen LogP contribution in [0.3, 0.4) is 0 Å². The van der Waals surface area contributed by atoms with Gasteiger partial charge in [-0.3, -0.25) is 14.0 Å². The van der Waals surface area contributed by atoms with Crippen molar-refractivity contribution in [3.8, 4) is 5.69 Å². The summed E-state index contributed by atoms with van der Waals surface area (Å²) in [6.45, 7) is 20.1. The van der Waals surface area contributed by atoms with Gasteiger partial charge in [0.25, 0.3) is 0 Å². The molecule has 7 heteroatoms. The number of imidazole rings is 1. The summed E-state index contributed by atoms with van der Waals surface area (Å²) >= 11 is 0. The van der Waals surface area contributed by atoms with Gasteiger partial charge in [-0.2, -0.15) is 0 Å². The fourth-order valence-corrected chi connectivity index (χ4v) is 4.93. The predicted molar refractivity (Wildman–Crippen MR) is 159 cm³/mol. The van der Waals surface area contributed by atoms with E-state index in [0.717, 1.165) is 68.7 Å². The molecular formula is C30H52N6O. The van der Waals surface area contributed by atoms with Crippen molar-refractivity contribution in [1.29, 1.82) is 0 Å². The van der Waals surface area contributed by atoms with Crippen LogP contribution in [0.2, 0.25) is 0 Å². The van der Waals surface area contributed by atoms with Gasteiger partial charge in [-0.05, 0) is 44.8 Å². The largest absolute Gasteiger partial charge is 0.335 e. The standard InChI is InChI=1S/C22H28N6O.4C2H6/c1-25-11-13-26(14-12-25)17-7-9-19(10-8-17)28-21-20(15-23-16-24-21)27(22(28)29)18-5-3-2-4-6-18;4*1-2/h2-6,15-17,19H,7-14H2,1H3;4*1-2H3/i1D;;;;. The van der Waals surface area contributed by atoms with E-state index in [2.05, 4.69) is 19.8 Å². The number of hydrogen-bond acceptors (Lipinski definition) is 5. The van der Waals surface area contributed by atoms with Crippen LogP contribution >= 0.6 is 0 Å². The van der Waals surface area contributed by atoms with E-state index in [1.165, 1.54) is 6.33 Å². The third-order valence-electron chi connectivity index (χ3n) is 6.51. The number of rotatable bonds is 3. The van der Waals surface area contributed by atoms with Crippen LogP contribution in [0.1, 0.15) is 88.5 Å². The zero-order chi connectivity index (χ0) is 28.5. The molecule has 5 rings (SSSR count). The van der Waals surface area contributed by atoms with Crippen LogP contribution in [-0.4, -0.2) is 68.1 Å². The van der Waals surface area contributed by atoms with E-state index in [-0.39, 0.29) is 11.7 Å². The summed E-state index contributed by atoms with van der Waals surface area (Å²) in [6, 6.07) is 10.5. The quantitative estimate of drug-likeness (QED) is 0.404. The van der Waals surface area contributed by atoms with Crippen LogP contribution < -0.4 is 5.69 Å². The van der Waals surface area contributed by atoms with E-state index in [1.807, 2.05) is 90.3 Å². The molecule has 0 spiro atoms. The van der Waals surface area contributed by atoms with Gasteiger partial charge in [0.15, 0.2) is 5.65 Å². The molecule has 1 saturated heterocycles. The summed E-state index contributed by atoms with van der Waals surface area (Å²) in [5, 5.41) is 0. The molecule has 3 aromatic rings. The lowest BCUT2D eigenvalue weighted by molar-refractivity contribution is 0.0824. The molecular weight excluding hydrogens is 460 g/mol. The maximum Gasteiger partial charge on any atom is 0.335 e. The molecule has 1 aliphatic heterocycles. The Kier molecular flexibility index (Phi) is 14.8. The second-order valence-electron chi connectivity index (χ2n) is 8.17. The van der Waals surface area contributed by atoms with Gasteiger partial charge < -0.3 is 4.90 Å². The number of aromatic nitrogens is 4. The van der Waals surface area contributed by atoms with Crippen molar-refractivity contribution in [2.45, 2.75) is 93.2 Å². The summed E-state index contributed by atoms with van der Waals surface area (Å²) in [4.78, 5) is 26.9. The van der Waals surface area contributed by atoms with Crippen molar-refractivity contribution in [1.82, 2.24) is 28.9 Å². The number of fused-ring (bicyclic) bond motifs is 1. The first-order chi connectivity index (χ1) is 18.8. The van der Waals surface area contributed by atoms with Crippen LogP contribution in [0.15, 0.2) is 47.7 Å². The van der Waals surface area contributed by atoms with E-state index in [9.17, 15) is 4.79 Å². The van der Waals surface area contributed by atoms with Crippen molar-refractivity contribution in [2.24, 2.45) is 0 Å². The lowest BCUT2D eigenvalue weighted by Gasteiger charge is -2.41. The summed E-state index contributed by atoms with van der Waals surface area (Å²) in [5.74, 6) is 0. The zero-order valence-corrected chi connectivity index (χ0v) is 24.7. The number of hydrogen-bond donors (Lipinski definition) is 0. The van der Waals surface area contributed by atoms with Crippen LogP contribution in [-0.2, 0) is 0 Å². The summed E-state index contributed by atoms with van der Waals surface area (Å²) < 4.78 is 11.2. The highest BCUT2D eigenvalue weighted by atomic mass is 16.1. The number of likely N-dealkylation sites (N-methyl/N-ethyl adjacent to an activating group) is 1. The van der Waals surface area contributed by atoms with Crippen molar-refractivity contribution >= 4 is 11.2 Å². The Bertz CT molecular complexity index is 1050. The van der Waals surface area contributed by atoms with Crippen LogP contribution in [0.4, 0.5) is 0 Å². The van der Waals surface area contributed by atoms with E-state index >= 15 is 0 Å². The summed E-state index contributed by atoms with van der Waals surface area (Å²) in [6.07, 6.45) is 7.44. The molecule has 0 atom stereocenters. The number of benzene rings is 1. The smallest absolute Gasteiger partial charge is 0.304 e. The summed E-state index contributed by atoms with van der Waals surface area (Å²) in [7, 11) is 0.400. The highest BCUT2D eigenvalue weighted by molar-refractivity contribution is 5.73. The highest BCUT2D eigenvalue weighted by Crippen LogP contribution is 2.32. The molecule has 2 fully saturated rings. The molecule has 0 unspecified atom stereocenters. The van der Waals surface area contributed by atoms with Gasteiger partial charge in [0.2, 0.25) is 0 Å². The average molecular weight is 514 g/mol. The first kappa shape index (κ1) is 30.7. The second kappa shape index (κ2) is 17.9. The molecule has 2 aliphatic rings. The molecule has 1 aromatic carbocycles. The normalized spacial score (nSPS) is 19.9. The van der Waals surface area contributed by atoms with E-state index in [0.29, 0.717) is 13.1 Å². The molecule has 1 saturated carbocycles. The molecule has 2 aromatic heterocycles. The third kappa shape index (κ3) is 7.99. The molecule has 0 amide bonds. The number of para-hydroxylation sites is 1. The van der Waals surface area contributed by atoms with Gasteiger partial charge in [-0.25, -0.2) is 14.8 Å². The maximum absolute atomic E-state index is 13.5. The molecule has 7 nitrogen and oxygen atoms in total. The van der Waals surface area contributed by atoms with Gasteiger partial charge in [0.05, 0.1) is 11.9 Å². The molecule has 0 N–H and O–H groups in total. The van der Waals surface area contributed by atoms with Gasteiger partial charge in [0.1, 0.15) is 11.8 Å². The Balaban J connectivity index is 0.000000829. The Morgan fingerprint density at radius 1 is 0.811 bits per heavy atom. The van der Waals surface area contributed by atoms with Crippen molar-refractivity contribution < 1.29 is 1.37 Å². The fraction of sp³-hybridized carbons (Fsp3) is 0.633. The molecule has 1 aliphatic carbocycles. The number of piperazine rings is 1. The monoisotopic (exact) mass is 513 g/mol. The Hall–Kier alpha value is -2.51. The van der Waals surface area contributed by atoms with Crippen LogP contribution in [0.5, 0.6) is 0 Å². The average Bonchev–Trinajstić information content (AvgIpc) is 3.33. The van der Waals surface area contributed by atoms with Crippen molar-refractivity contribution in [3.05, 3.63) is 53.3 Å². The van der Waals surface area contributed by atoms with Crippen molar-refractivity contribution in [2.75, 3.05) is 33.2 Å². The Morgan fingerprint density at radius 3 is 1.95 bits per heavy atom.